The van der Waals surface area contributed by atoms with Gasteiger partial charge in [-0.2, -0.15) is 0 Å². The van der Waals surface area contributed by atoms with Gasteiger partial charge in [0.05, 0.1) is 5.56 Å². The van der Waals surface area contributed by atoms with Gasteiger partial charge >= 0.3 is 0 Å². The van der Waals surface area contributed by atoms with E-state index in [1.165, 1.54) is 6.07 Å². The summed E-state index contributed by atoms with van der Waals surface area (Å²) in [5, 5.41) is 0. The Bertz CT molecular complexity index is 374. The Morgan fingerprint density at radius 3 is 2.87 bits per heavy atom. The molecule has 0 aliphatic carbocycles. The molecule has 15 heavy (non-hydrogen) atoms. The lowest BCUT2D eigenvalue weighted by molar-refractivity contribution is 0.624. The fourth-order valence-corrected chi connectivity index (χ4v) is 1.25. The van der Waals surface area contributed by atoms with Crippen molar-refractivity contribution in [3.05, 3.63) is 35.1 Å². The molecule has 0 heterocycles. The Balaban J connectivity index is 2.59. The molecule has 1 rings (SSSR count). The fraction of sp³-hybridized carbons (Fsp3) is 0.385. The Kier molecular flexibility index (Phi) is 4.86. The van der Waals surface area contributed by atoms with Gasteiger partial charge in [-0.3, -0.25) is 0 Å². The number of benzene rings is 1. The smallest absolute Gasteiger partial charge is 0.138 e. The van der Waals surface area contributed by atoms with Crippen LogP contribution in [0.15, 0.2) is 18.2 Å². The highest BCUT2D eigenvalue weighted by molar-refractivity contribution is 5.37. The van der Waals surface area contributed by atoms with Crippen molar-refractivity contribution >= 4 is 0 Å². The highest BCUT2D eigenvalue weighted by atomic mass is 19.1. The number of unbranched alkanes of at least 4 members (excludes halogenated alkanes) is 2. The van der Waals surface area contributed by atoms with Crippen molar-refractivity contribution < 1.29 is 4.39 Å². The molecule has 0 spiro atoms. The van der Waals surface area contributed by atoms with E-state index in [2.05, 4.69) is 11.8 Å². The van der Waals surface area contributed by atoms with Crippen LogP contribution in [0.3, 0.4) is 0 Å². The van der Waals surface area contributed by atoms with Crippen LogP contribution in [0.4, 0.5) is 4.39 Å². The predicted octanol–water partition coefficient (Wildman–Crippen LogP) is 2.61. The van der Waals surface area contributed by atoms with Crippen LogP contribution in [-0.2, 0) is 0 Å². The number of hydrogen-bond donors (Lipinski definition) is 1. The minimum absolute atomic E-state index is 0.244. The molecular formula is C13H16FN. The van der Waals surface area contributed by atoms with Crippen molar-refractivity contribution in [1.29, 1.82) is 0 Å². The van der Waals surface area contributed by atoms with E-state index in [4.69, 9.17) is 5.73 Å². The van der Waals surface area contributed by atoms with Gasteiger partial charge in [-0.05, 0) is 44.0 Å². The second kappa shape index (κ2) is 6.21. The zero-order valence-electron chi connectivity index (χ0n) is 9.02. The number of nitrogens with two attached hydrogens (primary N) is 1. The third-order valence-corrected chi connectivity index (χ3v) is 2.10. The molecule has 0 amide bonds. The van der Waals surface area contributed by atoms with Gasteiger partial charge < -0.3 is 5.73 Å². The molecule has 0 unspecified atom stereocenters. The van der Waals surface area contributed by atoms with Crippen molar-refractivity contribution in [1.82, 2.24) is 0 Å². The van der Waals surface area contributed by atoms with Gasteiger partial charge in [0, 0.05) is 6.42 Å². The lowest BCUT2D eigenvalue weighted by atomic mass is 10.1. The molecule has 2 heteroatoms. The predicted molar refractivity (Wildman–Crippen MR) is 60.9 cm³/mol. The second-order valence-electron chi connectivity index (χ2n) is 3.53. The molecule has 0 aliphatic heterocycles. The first-order valence-electron chi connectivity index (χ1n) is 5.19. The van der Waals surface area contributed by atoms with E-state index in [1.54, 1.807) is 12.1 Å². The number of hydrogen-bond acceptors (Lipinski definition) is 1. The molecule has 80 valence electrons. The number of aryl methyl sites for hydroxylation is 1. The van der Waals surface area contributed by atoms with Crippen LogP contribution < -0.4 is 5.73 Å². The Morgan fingerprint density at radius 1 is 1.33 bits per heavy atom. The lowest BCUT2D eigenvalue weighted by Gasteiger charge is -1.95. The minimum Gasteiger partial charge on any atom is -0.330 e. The van der Waals surface area contributed by atoms with Crippen molar-refractivity contribution in [2.75, 3.05) is 6.54 Å². The van der Waals surface area contributed by atoms with E-state index in [9.17, 15) is 4.39 Å². The fourth-order valence-electron chi connectivity index (χ4n) is 1.25. The van der Waals surface area contributed by atoms with Crippen LogP contribution in [-0.4, -0.2) is 6.54 Å². The molecule has 0 saturated carbocycles. The maximum atomic E-state index is 13.2. The molecule has 0 fully saturated rings. The first-order valence-corrected chi connectivity index (χ1v) is 5.19. The molecular weight excluding hydrogens is 189 g/mol. The van der Waals surface area contributed by atoms with Crippen LogP contribution in [0, 0.1) is 24.6 Å². The molecule has 0 aliphatic rings. The van der Waals surface area contributed by atoms with Gasteiger partial charge in [0.1, 0.15) is 5.82 Å². The molecule has 1 aromatic carbocycles. The maximum absolute atomic E-state index is 13.2. The standard InChI is InChI=1S/C13H16FN/c1-11-7-8-13(14)12(10-11)6-4-2-3-5-9-15/h7-8,10H,2-3,5,9,15H2,1H3. The summed E-state index contributed by atoms with van der Waals surface area (Å²) < 4.78 is 13.2. The summed E-state index contributed by atoms with van der Waals surface area (Å²) in [6.07, 6.45) is 2.74. The monoisotopic (exact) mass is 205 g/mol. The lowest BCUT2D eigenvalue weighted by Crippen LogP contribution is -1.97. The zero-order valence-corrected chi connectivity index (χ0v) is 9.02. The highest BCUT2D eigenvalue weighted by Crippen LogP contribution is 2.08. The summed E-state index contributed by atoms with van der Waals surface area (Å²) in [6.45, 7) is 2.62. The average Bonchev–Trinajstić information content (AvgIpc) is 2.23. The SMILES string of the molecule is Cc1ccc(F)c(C#CCCCCN)c1. The van der Waals surface area contributed by atoms with Gasteiger partial charge in [0.2, 0.25) is 0 Å². The van der Waals surface area contributed by atoms with Crippen molar-refractivity contribution in [3.8, 4) is 11.8 Å². The van der Waals surface area contributed by atoms with Gasteiger partial charge in [-0.1, -0.05) is 17.9 Å². The molecule has 0 bridgehead atoms. The van der Waals surface area contributed by atoms with E-state index < -0.39 is 0 Å². The van der Waals surface area contributed by atoms with E-state index in [-0.39, 0.29) is 5.82 Å². The van der Waals surface area contributed by atoms with E-state index in [0.29, 0.717) is 12.1 Å². The van der Waals surface area contributed by atoms with E-state index in [0.717, 1.165) is 24.8 Å². The van der Waals surface area contributed by atoms with Crippen molar-refractivity contribution in [3.63, 3.8) is 0 Å². The van der Waals surface area contributed by atoms with Crippen molar-refractivity contribution in [2.24, 2.45) is 5.73 Å². The molecule has 1 aromatic rings. The largest absolute Gasteiger partial charge is 0.330 e. The molecule has 0 aromatic heterocycles. The topological polar surface area (TPSA) is 26.0 Å². The zero-order chi connectivity index (χ0) is 11.1. The molecule has 0 radical (unpaired) electrons. The summed E-state index contributed by atoms with van der Waals surface area (Å²) >= 11 is 0. The molecule has 0 saturated heterocycles. The van der Waals surface area contributed by atoms with Crippen LogP contribution in [0.25, 0.3) is 0 Å². The quantitative estimate of drug-likeness (QED) is 0.595. The third kappa shape index (κ3) is 4.14. The highest BCUT2D eigenvalue weighted by Gasteiger charge is 1.97. The molecule has 0 atom stereocenters. The van der Waals surface area contributed by atoms with Gasteiger partial charge in [0.25, 0.3) is 0 Å². The first kappa shape index (κ1) is 11.7. The Labute approximate surface area is 90.5 Å². The van der Waals surface area contributed by atoms with Gasteiger partial charge in [-0.15, -0.1) is 0 Å². The third-order valence-electron chi connectivity index (χ3n) is 2.10. The summed E-state index contributed by atoms with van der Waals surface area (Å²) in [6, 6.07) is 4.97. The Hall–Kier alpha value is -1.33. The van der Waals surface area contributed by atoms with Crippen LogP contribution in [0.1, 0.15) is 30.4 Å². The first-order chi connectivity index (χ1) is 7.24. The van der Waals surface area contributed by atoms with Gasteiger partial charge in [0.15, 0.2) is 0 Å². The summed E-state index contributed by atoms with van der Waals surface area (Å²) in [5.41, 5.74) is 6.88. The summed E-state index contributed by atoms with van der Waals surface area (Å²) in [4.78, 5) is 0. The van der Waals surface area contributed by atoms with Gasteiger partial charge in [-0.25, -0.2) is 4.39 Å². The summed E-state index contributed by atoms with van der Waals surface area (Å²) in [7, 11) is 0. The maximum Gasteiger partial charge on any atom is 0.138 e. The molecule has 1 nitrogen and oxygen atoms in total. The second-order valence-corrected chi connectivity index (χ2v) is 3.53. The van der Waals surface area contributed by atoms with Crippen molar-refractivity contribution in [2.45, 2.75) is 26.2 Å². The minimum atomic E-state index is -0.244. The summed E-state index contributed by atoms with van der Waals surface area (Å²) in [5.74, 6) is 5.56. The number of halogens is 1. The normalized spacial score (nSPS) is 9.53. The van der Waals surface area contributed by atoms with Crippen LogP contribution >= 0.6 is 0 Å². The van der Waals surface area contributed by atoms with E-state index in [1.807, 2.05) is 6.92 Å². The van der Waals surface area contributed by atoms with E-state index >= 15 is 0 Å². The Morgan fingerprint density at radius 2 is 2.13 bits per heavy atom. The van der Waals surface area contributed by atoms with Crippen LogP contribution in [0.5, 0.6) is 0 Å². The average molecular weight is 205 g/mol. The number of rotatable bonds is 3. The van der Waals surface area contributed by atoms with Crippen LogP contribution in [0.2, 0.25) is 0 Å². The molecule has 2 N–H and O–H groups in total.